The van der Waals surface area contributed by atoms with Gasteiger partial charge in [-0.1, -0.05) is 84.9 Å². The highest BCUT2D eigenvalue weighted by atomic mass is 16.3. The molecule has 6 rings (SSSR count). The topological polar surface area (TPSA) is 37.9 Å². The monoisotopic (exact) mass is 424 g/mol. The number of hydrogen-bond donors (Lipinski definition) is 0. The molecule has 0 fully saturated rings. The quantitative estimate of drug-likeness (QED) is 0.207. The Hall–Kier alpha value is -4.50. The lowest BCUT2D eigenvalue weighted by atomic mass is 10.0. The summed E-state index contributed by atoms with van der Waals surface area (Å²) in [7, 11) is 0. The minimum absolute atomic E-state index is 0.686. The molecule has 5 aromatic carbocycles. The first-order valence-corrected chi connectivity index (χ1v) is 10.9. The highest BCUT2D eigenvalue weighted by Gasteiger charge is 2.06. The zero-order valence-electron chi connectivity index (χ0n) is 17.8. The second kappa shape index (κ2) is 8.21. The third-order valence-corrected chi connectivity index (χ3v) is 5.81. The van der Waals surface area contributed by atoms with E-state index in [0.717, 1.165) is 27.5 Å². The van der Waals surface area contributed by atoms with Gasteiger partial charge in [0.1, 0.15) is 11.5 Å². The number of rotatable bonds is 4. The summed E-state index contributed by atoms with van der Waals surface area (Å²) in [6.45, 7) is 0. The van der Waals surface area contributed by atoms with Crippen LogP contribution < -0.4 is 0 Å². The molecule has 3 nitrogen and oxygen atoms in total. The summed E-state index contributed by atoms with van der Waals surface area (Å²) in [6, 6.07) is 37.1. The Bertz CT molecular complexity index is 1610. The van der Waals surface area contributed by atoms with Crippen LogP contribution in [0.1, 0.15) is 11.5 Å². The molecule has 0 aliphatic heterocycles. The van der Waals surface area contributed by atoms with Crippen LogP contribution in [0, 0.1) is 0 Å². The second-order valence-electron chi connectivity index (χ2n) is 7.92. The van der Waals surface area contributed by atoms with E-state index >= 15 is 0 Å². The van der Waals surface area contributed by atoms with Gasteiger partial charge >= 0.3 is 0 Å². The summed E-state index contributed by atoms with van der Waals surface area (Å²) in [4.78, 5) is 9.50. The molecular weight excluding hydrogens is 404 g/mol. The molecule has 33 heavy (non-hydrogen) atoms. The first-order valence-electron chi connectivity index (χ1n) is 10.9. The molecule has 0 N–H and O–H groups in total. The fraction of sp³-hybridized carbons (Fsp3) is 0. The van der Waals surface area contributed by atoms with Crippen LogP contribution >= 0.6 is 0 Å². The third kappa shape index (κ3) is 3.70. The number of fused-ring (bicyclic) bond motifs is 3. The minimum atomic E-state index is 0.686. The lowest BCUT2D eigenvalue weighted by molar-refractivity contribution is 0.553. The highest BCUT2D eigenvalue weighted by molar-refractivity contribution is 6.10. The molecule has 0 bridgehead atoms. The molecule has 0 aliphatic rings. The standard InChI is InChI=1S/C30H20N2O/c1-4-12-26-21(8-1)11-7-15-29(26)31-19-24-16-17-25(33-24)20-32-30-27-13-5-2-9-22(27)18-23-10-3-6-14-28(23)30/h1-20H. The minimum Gasteiger partial charge on any atom is -0.454 e. The van der Waals surface area contributed by atoms with Gasteiger partial charge in [0.05, 0.1) is 23.8 Å². The van der Waals surface area contributed by atoms with Gasteiger partial charge in [0.2, 0.25) is 0 Å². The van der Waals surface area contributed by atoms with Crippen molar-refractivity contribution in [2.45, 2.75) is 0 Å². The molecule has 0 spiro atoms. The lowest BCUT2D eigenvalue weighted by Gasteiger charge is -2.07. The predicted molar refractivity (Wildman–Crippen MR) is 139 cm³/mol. The Morgan fingerprint density at radius 3 is 1.73 bits per heavy atom. The summed E-state index contributed by atoms with van der Waals surface area (Å²) in [5.74, 6) is 1.37. The summed E-state index contributed by atoms with van der Waals surface area (Å²) < 4.78 is 5.96. The number of nitrogens with zero attached hydrogens (tertiary/aromatic N) is 2. The smallest absolute Gasteiger partial charge is 0.145 e. The number of hydrogen-bond acceptors (Lipinski definition) is 3. The summed E-state index contributed by atoms with van der Waals surface area (Å²) >= 11 is 0. The Morgan fingerprint density at radius 2 is 1.03 bits per heavy atom. The van der Waals surface area contributed by atoms with Gasteiger partial charge in [0.25, 0.3) is 0 Å². The Morgan fingerprint density at radius 1 is 0.485 bits per heavy atom. The van der Waals surface area contributed by atoms with Gasteiger partial charge in [-0.25, -0.2) is 0 Å². The fourth-order valence-corrected chi connectivity index (χ4v) is 4.22. The van der Waals surface area contributed by atoms with Crippen molar-refractivity contribution >= 4 is 56.1 Å². The fourth-order valence-electron chi connectivity index (χ4n) is 4.22. The van der Waals surface area contributed by atoms with E-state index in [4.69, 9.17) is 9.41 Å². The molecule has 0 saturated heterocycles. The van der Waals surface area contributed by atoms with E-state index in [-0.39, 0.29) is 0 Å². The largest absolute Gasteiger partial charge is 0.454 e. The zero-order valence-corrected chi connectivity index (χ0v) is 17.8. The molecule has 3 heteroatoms. The summed E-state index contributed by atoms with van der Waals surface area (Å²) in [5.41, 5.74) is 1.87. The zero-order chi connectivity index (χ0) is 22.0. The Kier molecular flexibility index (Phi) is 4.78. The molecule has 0 saturated carbocycles. The maximum absolute atomic E-state index is 5.96. The highest BCUT2D eigenvalue weighted by Crippen LogP contribution is 2.35. The molecule has 1 aromatic heterocycles. The van der Waals surface area contributed by atoms with E-state index in [1.54, 1.807) is 12.4 Å². The SMILES string of the molecule is C(=Nc1cccc2ccccc12)c1ccc(C=Nc2c3ccccc3cc3ccccc23)o1. The molecule has 0 aliphatic carbocycles. The number of furan rings is 1. The van der Waals surface area contributed by atoms with Crippen molar-refractivity contribution in [3.63, 3.8) is 0 Å². The number of aliphatic imine (C=N–C) groups is 2. The number of benzene rings is 5. The van der Waals surface area contributed by atoms with Crippen molar-refractivity contribution < 1.29 is 4.42 Å². The van der Waals surface area contributed by atoms with Gasteiger partial charge in [0.15, 0.2) is 0 Å². The predicted octanol–water partition coefficient (Wildman–Crippen LogP) is 8.24. The molecule has 6 aromatic rings. The van der Waals surface area contributed by atoms with Crippen molar-refractivity contribution in [2.75, 3.05) is 0 Å². The van der Waals surface area contributed by atoms with Crippen molar-refractivity contribution in [3.05, 3.63) is 121 Å². The first-order chi connectivity index (χ1) is 16.3. The van der Waals surface area contributed by atoms with Crippen molar-refractivity contribution in [2.24, 2.45) is 9.98 Å². The van der Waals surface area contributed by atoms with Crippen molar-refractivity contribution in [1.29, 1.82) is 0 Å². The Labute approximate surface area is 191 Å². The van der Waals surface area contributed by atoms with Crippen LogP contribution in [0.4, 0.5) is 11.4 Å². The maximum atomic E-state index is 5.96. The van der Waals surface area contributed by atoms with Crippen LogP contribution in [0.2, 0.25) is 0 Å². The molecule has 0 atom stereocenters. The third-order valence-electron chi connectivity index (χ3n) is 5.81. The van der Waals surface area contributed by atoms with E-state index in [2.05, 4.69) is 65.7 Å². The van der Waals surface area contributed by atoms with E-state index in [0.29, 0.717) is 11.5 Å². The van der Waals surface area contributed by atoms with Gasteiger partial charge < -0.3 is 4.42 Å². The maximum Gasteiger partial charge on any atom is 0.145 e. The molecule has 1 heterocycles. The average Bonchev–Trinajstić information content (AvgIpc) is 3.33. The van der Waals surface area contributed by atoms with Crippen LogP contribution in [-0.4, -0.2) is 12.4 Å². The molecule has 0 amide bonds. The van der Waals surface area contributed by atoms with Crippen LogP contribution in [-0.2, 0) is 0 Å². The molecule has 0 unspecified atom stereocenters. The molecule has 156 valence electrons. The normalized spacial score (nSPS) is 12.0. The van der Waals surface area contributed by atoms with E-state index in [9.17, 15) is 0 Å². The van der Waals surface area contributed by atoms with Crippen LogP contribution in [0.3, 0.4) is 0 Å². The van der Waals surface area contributed by atoms with Crippen LogP contribution in [0.5, 0.6) is 0 Å². The van der Waals surface area contributed by atoms with Gasteiger partial charge in [0, 0.05) is 16.2 Å². The van der Waals surface area contributed by atoms with Gasteiger partial charge in [-0.3, -0.25) is 9.98 Å². The van der Waals surface area contributed by atoms with Crippen LogP contribution in [0.25, 0.3) is 32.3 Å². The summed E-state index contributed by atoms with van der Waals surface area (Å²) in [6.07, 6.45) is 3.54. The van der Waals surface area contributed by atoms with Crippen molar-refractivity contribution in [3.8, 4) is 0 Å². The van der Waals surface area contributed by atoms with Crippen molar-refractivity contribution in [1.82, 2.24) is 0 Å². The van der Waals surface area contributed by atoms with E-state index in [1.165, 1.54) is 16.2 Å². The van der Waals surface area contributed by atoms with Gasteiger partial charge in [-0.05, 0) is 40.4 Å². The second-order valence-corrected chi connectivity index (χ2v) is 7.92. The average molecular weight is 425 g/mol. The lowest BCUT2D eigenvalue weighted by Crippen LogP contribution is -1.81. The van der Waals surface area contributed by atoms with Crippen LogP contribution in [0.15, 0.2) is 124 Å². The van der Waals surface area contributed by atoms with Gasteiger partial charge in [-0.2, -0.15) is 0 Å². The van der Waals surface area contributed by atoms with E-state index < -0.39 is 0 Å². The molecular formula is C30H20N2O. The Balaban J connectivity index is 1.33. The first kappa shape index (κ1) is 19.2. The summed E-state index contributed by atoms with van der Waals surface area (Å²) in [5, 5.41) is 6.87. The van der Waals surface area contributed by atoms with E-state index in [1.807, 2.05) is 48.5 Å². The molecule has 0 radical (unpaired) electrons. The van der Waals surface area contributed by atoms with Gasteiger partial charge in [-0.15, -0.1) is 0 Å².